The fourth-order valence-corrected chi connectivity index (χ4v) is 4.41. The van der Waals surface area contributed by atoms with Crippen LogP contribution in [0.4, 0.5) is 13.2 Å². The molecule has 0 aromatic heterocycles. The third kappa shape index (κ3) is 2.81. The molecule has 0 aliphatic carbocycles. The van der Waals surface area contributed by atoms with Crippen LogP contribution in [0.2, 0.25) is 0 Å². The summed E-state index contributed by atoms with van der Waals surface area (Å²) in [5.74, 6) is -0.0500. The molecule has 2 saturated heterocycles. The molecule has 6 heteroatoms. The molecule has 1 aromatic carbocycles. The van der Waals surface area contributed by atoms with Gasteiger partial charge in [0.25, 0.3) is 0 Å². The van der Waals surface area contributed by atoms with E-state index in [4.69, 9.17) is 0 Å². The molecule has 1 aromatic rings. The van der Waals surface area contributed by atoms with E-state index in [9.17, 15) is 23.1 Å². The zero-order valence-corrected chi connectivity index (χ0v) is 13.6. The number of carbonyl (C=O) groups is 1. The second kappa shape index (κ2) is 6.06. The molecule has 24 heavy (non-hydrogen) atoms. The van der Waals surface area contributed by atoms with Crippen molar-refractivity contribution in [1.82, 2.24) is 4.90 Å². The Bertz CT molecular complexity index is 608. The van der Waals surface area contributed by atoms with Gasteiger partial charge in [0.1, 0.15) is 0 Å². The van der Waals surface area contributed by atoms with E-state index in [1.54, 1.807) is 0 Å². The normalized spacial score (nSPS) is 29.3. The number of amides is 1. The zero-order chi connectivity index (χ0) is 17.5. The van der Waals surface area contributed by atoms with Crippen molar-refractivity contribution in [1.29, 1.82) is 0 Å². The van der Waals surface area contributed by atoms with E-state index in [0.717, 1.165) is 37.8 Å². The largest absolute Gasteiger partial charge is 0.416 e. The van der Waals surface area contributed by atoms with Crippen molar-refractivity contribution >= 4 is 5.91 Å². The second-order valence-corrected chi connectivity index (χ2v) is 7.00. The van der Waals surface area contributed by atoms with Gasteiger partial charge < -0.3 is 10.0 Å². The first kappa shape index (κ1) is 17.3. The third-order valence-electron chi connectivity index (χ3n) is 5.80. The molecule has 2 fully saturated rings. The number of aliphatic hydroxyl groups is 1. The molecule has 2 heterocycles. The summed E-state index contributed by atoms with van der Waals surface area (Å²) in [7, 11) is 0. The van der Waals surface area contributed by atoms with Crippen LogP contribution in [0, 0.1) is 5.41 Å². The number of nitrogens with zero attached hydrogens (tertiary/aromatic N) is 1. The number of alkyl halides is 3. The Labute approximate surface area is 139 Å². The first-order valence-electron chi connectivity index (χ1n) is 8.39. The molecule has 2 bridgehead atoms. The van der Waals surface area contributed by atoms with Crippen molar-refractivity contribution in [2.24, 2.45) is 5.41 Å². The van der Waals surface area contributed by atoms with Gasteiger partial charge in [0.2, 0.25) is 5.91 Å². The summed E-state index contributed by atoms with van der Waals surface area (Å²) in [6, 6.07) is 5.00. The number of benzene rings is 1. The summed E-state index contributed by atoms with van der Waals surface area (Å²) >= 11 is 0. The second-order valence-electron chi connectivity index (χ2n) is 7.00. The summed E-state index contributed by atoms with van der Waals surface area (Å²) in [4.78, 5) is 14.6. The molecule has 0 unspecified atom stereocenters. The van der Waals surface area contributed by atoms with Gasteiger partial charge in [-0.05, 0) is 43.4 Å². The van der Waals surface area contributed by atoms with Crippen LogP contribution in [-0.4, -0.2) is 34.6 Å². The van der Waals surface area contributed by atoms with Crippen molar-refractivity contribution in [3.8, 4) is 0 Å². The number of hydrogen-bond acceptors (Lipinski definition) is 2. The molecule has 0 saturated carbocycles. The molecule has 0 radical (unpaired) electrons. The van der Waals surface area contributed by atoms with Crippen LogP contribution in [0.1, 0.15) is 43.7 Å². The highest BCUT2D eigenvalue weighted by atomic mass is 19.4. The summed E-state index contributed by atoms with van der Waals surface area (Å²) < 4.78 is 37.8. The van der Waals surface area contributed by atoms with Gasteiger partial charge in [-0.3, -0.25) is 4.79 Å². The Morgan fingerprint density at radius 2 is 1.96 bits per heavy atom. The highest BCUT2D eigenvalue weighted by Gasteiger charge is 2.55. The Hall–Kier alpha value is -1.56. The van der Waals surface area contributed by atoms with E-state index < -0.39 is 11.7 Å². The lowest BCUT2D eigenvalue weighted by Crippen LogP contribution is -2.42. The Morgan fingerprint density at radius 1 is 1.29 bits per heavy atom. The van der Waals surface area contributed by atoms with Crippen LogP contribution in [0.5, 0.6) is 0 Å². The first-order chi connectivity index (χ1) is 11.3. The van der Waals surface area contributed by atoms with Crippen molar-refractivity contribution in [2.45, 2.75) is 57.3 Å². The molecule has 1 N–H and O–H groups in total. The number of carbonyl (C=O) groups excluding carboxylic acids is 1. The van der Waals surface area contributed by atoms with E-state index in [1.165, 1.54) is 12.1 Å². The molecular formula is C18H22F3NO2. The summed E-state index contributed by atoms with van der Waals surface area (Å²) in [6.45, 7) is 2.12. The van der Waals surface area contributed by atoms with Crippen LogP contribution < -0.4 is 0 Å². The average Bonchev–Trinajstić information content (AvgIpc) is 3.10. The van der Waals surface area contributed by atoms with E-state index in [0.29, 0.717) is 5.56 Å². The summed E-state index contributed by atoms with van der Waals surface area (Å²) in [5, 5.41) is 9.79. The first-order valence-corrected chi connectivity index (χ1v) is 8.39. The van der Waals surface area contributed by atoms with Crippen molar-refractivity contribution in [3.05, 3.63) is 35.4 Å². The van der Waals surface area contributed by atoms with Gasteiger partial charge in [-0.1, -0.05) is 19.1 Å². The lowest BCUT2D eigenvalue weighted by molar-refractivity contribution is -0.137. The van der Waals surface area contributed by atoms with Gasteiger partial charge in [0.05, 0.1) is 18.6 Å². The number of halogens is 3. The Morgan fingerprint density at radius 3 is 2.46 bits per heavy atom. The Balaban J connectivity index is 1.72. The number of aliphatic hydroxyl groups excluding tert-OH is 1. The van der Waals surface area contributed by atoms with E-state index in [2.05, 4.69) is 0 Å². The highest BCUT2D eigenvalue weighted by Crippen LogP contribution is 2.51. The van der Waals surface area contributed by atoms with Crippen molar-refractivity contribution < 1.29 is 23.1 Å². The van der Waals surface area contributed by atoms with Crippen LogP contribution in [-0.2, 0) is 17.4 Å². The maximum Gasteiger partial charge on any atom is 0.416 e. The zero-order valence-electron chi connectivity index (χ0n) is 13.6. The van der Waals surface area contributed by atoms with Gasteiger partial charge in [-0.25, -0.2) is 0 Å². The number of fused-ring (bicyclic) bond motifs is 2. The maximum absolute atomic E-state index is 12.7. The van der Waals surface area contributed by atoms with Crippen LogP contribution in [0.3, 0.4) is 0 Å². The smallest absolute Gasteiger partial charge is 0.396 e. The fraction of sp³-hybridized carbons (Fsp3) is 0.611. The SMILES string of the molecule is CC[C@]1(CO)C[C@H]2CC[C@@H]1N2C(=O)Cc1ccc(C(F)(F)F)cc1. The fourth-order valence-electron chi connectivity index (χ4n) is 4.41. The van der Waals surface area contributed by atoms with Gasteiger partial charge in [0.15, 0.2) is 0 Å². The van der Waals surface area contributed by atoms with Crippen molar-refractivity contribution in [3.63, 3.8) is 0 Å². The average molecular weight is 341 g/mol. The molecule has 3 nitrogen and oxygen atoms in total. The lowest BCUT2D eigenvalue weighted by Gasteiger charge is -2.34. The molecule has 3 rings (SSSR count). The summed E-state index contributed by atoms with van der Waals surface area (Å²) in [6.07, 6.45) is -0.754. The van der Waals surface area contributed by atoms with Crippen LogP contribution in [0.15, 0.2) is 24.3 Å². The van der Waals surface area contributed by atoms with Crippen molar-refractivity contribution in [2.75, 3.05) is 6.61 Å². The molecule has 132 valence electrons. The van der Waals surface area contributed by atoms with Gasteiger partial charge in [-0.2, -0.15) is 13.2 Å². The third-order valence-corrected chi connectivity index (χ3v) is 5.80. The number of hydrogen-bond donors (Lipinski definition) is 1. The van der Waals surface area contributed by atoms with Crippen LogP contribution >= 0.6 is 0 Å². The van der Waals surface area contributed by atoms with E-state index in [-0.39, 0.29) is 36.4 Å². The molecule has 3 atom stereocenters. The van der Waals surface area contributed by atoms with Gasteiger partial charge in [0, 0.05) is 17.5 Å². The number of rotatable bonds is 4. The lowest BCUT2D eigenvalue weighted by atomic mass is 9.72. The minimum Gasteiger partial charge on any atom is -0.396 e. The molecule has 0 spiro atoms. The topological polar surface area (TPSA) is 40.5 Å². The van der Waals surface area contributed by atoms with Crippen LogP contribution in [0.25, 0.3) is 0 Å². The highest BCUT2D eigenvalue weighted by molar-refractivity contribution is 5.80. The molecule has 1 amide bonds. The molecule has 2 aliphatic rings. The minimum atomic E-state index is -4.36. The Kier molecular flexibility index (Phi) is 4.36. The van der Waals surface area contributed by atoms with E-state index >= 15 is 0 Å². The molecule has 2 aliphatic heterocycles. The predicted octanol–water partition coefficient (Wildman–Crippen LogP) is 3.40. The quantitative estimate of drug-likeness (QED) is 0.912. The van der Waals surface area contributed by atoms with Gasteiger partial charge in [-0.15, -0.1) is 0 Å². The monoisotopic (exact) mass is 341 g/mol. The molecular weight excluding hydrogens is 319 g/mol. The summed E-state index contributed by atoms with van der Waals surface area (Å²) in [5.41, 5.74) is -0.325. The van der Waals surface area contributed by atoms with E-state index in [1.807, 2.05) is 11.8 Å². The minimum absolute atomic E-state index is 0.0500. The maximum atomic E-state index is 12.7. The standard InChI is InChI=1S/C18H22F3NO2/c1-2-17(11-23)10-14-7-8-15(17)22(14)16(24)9-12-3-5-13(6-4-12)18(19,20)21/h3-6,14-15,23H,2,7-11H2,1H3/t14-,15+,17-/m1/s1. The predicted molar refractivity (Wildman–Crippen MR) is 83.2 cm³/mol. The van der Waals surface area contributed by atoms with Gasteiger partial charge >= 0.3 is 6.18 Å².